The second-order valence-corrected chi connectivity index (χ2v) is 4.93. The van der Waals surface area contributed by atoms with Gasteiger partial charge in [-0.15, -0.1) is 0 Å². The van der Waals surface area contributed by atoms with Crippen molar-refractivity contribution >= 4 is 5.91 Å². The number of carbonyl (C=O) groups excluding carboxylic acids is 1. The molecule has 1 fully saturated rings. The van der Waals surface area contributed by atoms with Crippen molar-refractivity contribution < 1.29 is 18.3 Å². The van der Waals surface area contributed by atoms with Gasteiger partial charge >= 0.3 is 0 Å². The molecule has 1 aromatic rings. The first-order chi connectivity index (χ1) is 9.49. The fourth-order valence-corrected chi connectivity index (χ4v) is 2.24. The van der Waals surface area contributed by atoms with E-state index in [-0.39, 0.29) is 17.7 Å². The highest BCUT2D eigenvalue weighted by atomic mass is 19.2. The summed E-state index contributed by atoms with van der Waals surface area (Å²) in [6.07, 6.45) is 0.158. The van der Waals surface area contributed by atoms with Gasteiger partial charge in [0.15, 0.2) is 17.7 Å². The maximum absolute atomic E-state index is 13.1. The van der Waals surface area contributed by atoms with Crippen LogP contribution in [0.15, 0.2) is 18.2 Å². The van der Waals surface area contributed by atoms with Crippen LogP contribution in [0.25, 0.3) is 0 Å². The Balaban J connectivity index is 1.97. The van der Waals surface area contributed by atoms with Crippen molar-refractivity contribution in [2.75, 3.05) is 20.1 Å². The molecule has 1 amide bonds. The van der Waals surface area contributed by atoms with Crippen LogP contribution >= 0.6 is 0 Å². The Morgan fingerprint density at radius 1 is 1.45 bits per heavy atom. The molecule has 0 spiro atoms. The zero-order chi connectivity index (χ0) is 14.7. The summed E-state index contributed by atoms with van der Waals surface area (Å²) in [6, 6.07) is 3.38. The Labute approximate surface area is 116 Å². The maximum atomic E-state index is 13.1. The number of hydrogen-bond donors (Lipinski definition) is 1. The van der Waals surface area contributed by atoms with E-state index in [0.29, 0.717) is 0 Å². The zero-order valence-corrected chi connectivity index (χ0v) is 11.5. The number of benzene rings is 1. The number of nitrogens with one attached hydrogen (secondary N) is 1. The van der Waals surface area contributed by atoms with Crippen LogP contribution < -0.4 is 10.1 Å². The fraction of sp³-hybridized carbons (Fsp3) is 0.500. The molecule has 1 aliphatic rings. The molecule has 2 unspecified atom stereocenters. The van der Waals surface area contributed by atoms with Crippen molar-refractivity contribution in [2.24, 2.45) is 0 Å². The highest BCUT2D eigenvalue weighted by molar-refractivity contribution is 5.81. The van der Waals surface area contributed by atoms with Gasteiger partial charge in [0.05, 0.1) is 0 Å². The van der Waals surface area contributed by atoms with Crippen LogP contribution in [-0.2, 0) is 4.79 Å². The van der Waals surface area contributed by atoms with Crippen molar-refractivity contribution in [2.45, 2.75) is 25.5 Å². The summed E-state index contributed by atoms with van der Waals surface area (Å²) in [7, 11) is 1.73. The van der Waals surface area contributed by atoms with Crippen molar-refractivity contribution in [3.05, 3.63) is 29.8 Å². The molecular weight excluding hydrogens is 266 g/mol. The zero-order valence-electron chi connectivity index (χ0n) is 11.5. The lowest BCUT2D eigenvalue weighted by Crippen LogP contribution is -2.44. The number of amides is 1. The predicted molar refractivity (Wildman–Crippen MR) is 70.5 cm³/mol. The van der Waals surface area contributed by atoms with Crippen molar-refractivity contribution in [1.29, 1.82) is 0 Å². The molecule has 1 aromatic carbocycles. The molecule has 1 heterocycles. The minimum Gasteiger partial charge on any atom is -0.481 e. The molecule has 2 rings (SSSR count). The lowest BCUT2D eigenvalue weighted by atomic mass is 10.2. The van der Waals surface area contributed by atoms with Crippen molar-refractivity contribution in [1.82, 2.24) is 10.2 Å². The normalized spacial score (nSPS) is 19.7. The summed E-state index contributed by atoms with van der Waals surface area (Å²) in [6.45, 7) is 3.25. The van der Waals surface area contributed by atoms with Crippen LogP contribution in [0.2, 0.25) is 0 Å². The molecule has 1 aliphatic heterocycles. The number of hydrogen-bond acceptors (Lipinski definition) is 3. The molecule has 2 atom stereocenters. The third-order valence-electron chi connectivity index (χ3n) is 3.48. The van der Waals surface area contributed by atoms with E-state index >= 15 is 0 Å². The molecule has 4 nitrogen and oxygen atoms in total. The SMILES string of the molecule is CC(Oc1ccc(F)c(F)c1)C(=O)N(C)C1CCNC1. The molecule has 1 N–H and O–H groups in total. The van der Waals surface area contributed by atoms with Gasteiger partial charge in [-0.3, -0.25) is 4.79 Å². The third kappa shape index (κ3) is 3.25. The topological polar surface area (TPSA) is 41.6 Å². The fourth-order valence-electron chi connectivity index (χ4n) is 2.24. The number of halogens is 2. The summed E-state index contributed by atoms with van der Waals surface area (Å²) in [5.74, 6) is -1.97. The Hall–Kier alpha value is -1.69. The highest BCUT2D eigenvalue weighted by Crippen LogP contribution is 2.18. The second kappa shape index (κ2) is 6.17. The first kappa shape index (κ1) is 14.7. The monoisotopic (exact) mass is 284 g/mol. The number of rotatable bonds is 4. The standard InChI is InChI=1S/C14H18F2N2O2/c1-9(14(19)18(2)10-5-6-17-8-10)20-11-3-4-12(15)13(16)7-11/h3-4,7,9-10,17H,5-6,8H2,1-2H3. The number of nitrogens with zero attached hydrogens (tertiary/aromatic N) is 1. The summed E-state index contributed by atoms with van der Waals surface area (Å²) in [5, 5.41) is 3.18. The van der Waals surface area contributed by atoms with Crippen LogP contribution in [0.1, 0.15) is 13.3 Å². The van der Waals surface area contributed by atoms with E-state index in [2.05, 4.69) is 5.32 Å². The molecule has 0 bridgehead atoms. The number of ether oxygens (including phenoxy) is 1. The summed E-state index contributed by atoms with van der Waals surface area (Å²) in [4.78, 5) is 13.8. The van der Waals surface area contributed by atoms with E-state index < -0.39 is 17.7 Å². The molecule has 6 heteroatoms. The van der Waals surface area contributed by atoms with Crippen LogP contribution in [0.5, 0.6) is 5.75 Å². The van der Waals surface area contributed by atoms with Gasteiger partial charge in [-0.05, 0) is 32.0 Å². The van der Waals surface area contributed by atoms with E-state index in [1.165, 1.54) is 6.07 Å². The van der Waals surface area contributed by atoms with Gasteiger partial charge in [0.2, 0.25) is 0 Å². The largest absolute Gasteiger partial charge is 0.481 e. The van der Waals surface area contributed by atoms with Crippen LogP contribution in [-0.4, -0.2) is 43.1 Å². The Morgan fingerprint density at radius 2 is 2.20 bits per heavy atom. The Morgan fingerprint density at radius 3 is 2.80 bits per heavy atom. The summed E-state index contributed by atoms with van der Waals surface area (Å²) >= 11 is 0. The molecular formula is C14H18F2N2O2. The second-order valence-electron chi connectivity index (χ2n) is 4.93. The van der Waals surface area contributed by atoms with Gasteiger partial charge in [-0.1, -0.05) is 0 Å². The quantitative estimate of drug-likeness (QED) is 0.912. The van der Waals surface area contributed by atoms with Gasteiger partial charge in [-0.2, -0.15) is 0 Å². The minimum atomic E-state index is -0.990. The molecule has 0 aromatic heterocycles. The lowest BCUT2D eigenvalue weighted by molar-refractivity contribution is -0.138. The molecule has 20 heavy (non-hydrogen) atoms. The first-order valence-electron chi connectivity index (χ1n) is 6.58. The van der Waals surface area contributed by atoms with E-state index in [9.17, 15) is 13.6 Å². The summed E-state index contributed by atoms with van der Waals surface area (Å²) in [5.41, 5.74) is 0. The molecule has 0 radical (unpaired) electrons. The van der Waals surface area contributed by atoms with Crippen molar-refractivity contribution in [3.8, 4) is 5.75 Å². The van der Waals surface area contributed by atoms with E-state index in [1.54, 1.807) is 18.9 Å². The Bertz CT molecular complexity index is 490. The molecule has 0 aliphatic carbocycles. The number of carbonyl (C=O) groups is 1. The highest BCUT2D eigenvalue weighted by Gasteiger charge is 2.27. The van der Waals surface area contributed by atoms with Gasteiger partial charge in [0, 0.05) is 25.7 Å². The van der Waals surface area contributed by atoms with Gasteiger partial charge < -0.3 is 15.0 Å². The van der Waals surface area contributed by atoms with Gasteiger partial charge in [0.1, 0.15) is 5.75 Å². The van der Waals surface area contributed by atoms with Gasteiger partial charge in [-0.25, -0.2) is 8.78 Å². The lowest BCUT2D eigenvalue weighted by Gasteiger charge is -2.27. The van der Waals surface area contributed by atoms with Crippen LogP contribution in [0.4, 0.5) is 8.78 Å². The molecule has 1 saturated heterocycles. The Kier molecular flexibility index (Phi) is 4.54. The van der Waals surface area contributed by atoms with Crippen molar-refractivity contribution in [3.63, 3.8) is 0 Å². The van der Waals surface area contributed by atoms with E-state index in [4.69, 9.17) is 4.74 Å². The van der Waals surface area contributed by atoms with Gasteiger partial charge in [0.25, 0.3) is 5.91 Å². The average Bonchev–Trinajstić information content (AvgIpc) is 2.95. The third-order valence-corrected chi connectivity index (χ3v) is 3.48. The number of likely N-dealkylation sites (N-methyl/N-ethyl adjacent to an activating group) is 1. The average molecular weight is 284 g/mol. The molecule has 0 saturated carbocycles. The van der Waals surface area contributed by atoms with E-state index in [0.717, 1.165) is 31.6 Å². The smallest absolute Gasteiger partial charge is 0.263 e. The van der Waals surface area contributed by atoms with Crippen LogP contribution in [0.3, 0.4) is 0 Å². The maximum Gasteiger partial charge on any atom is 0.263 e. The minimum absolute atomic E-state index is 0.141. The summed E-state index contributed by atoms with van der Waals surface area (Å²) < 4.78 is 31.3. The van der Waals surface area contributed by atoms with Crippen LogP contribution in [0, 0.1) is 11.6 Å². The first-order valence-corrected chi connectivity index (χ1v) is 6.58. The molecule has 110 valence electrons. The van der Waals surface area contributed by atoms with E-state index in [1.807, 2.05) is 0 Å². The predicted octanol–water partition coefficient (Wildman–Crippen LogP) is 1.55.